The highest BCUT2D eigenvalue weighted by Crippen LogP contribution is 2.20. The Labute approximate surface area is 126 Å². The van der Waals surface area contributed by atoms with E-state index in [0.717, 1.165) is 23.4 Å². The Balaban J connectivity index is 2.20. The van der Waals surface area contributed by atoms with Crippen LogP contribution >= 0.6 is 0 Å². The molecule has 0 unspecified atom stereocenters. The third-order valence-corrected chi connectivity index (χ3v) is 3.65. The van der Waals surface area contributed by atoms with E-state index in [9.17, 15) is 4.79 Å². The Morgan fingerprint density at radius 2 is 1.95 bits per heavy atom. The van der Waals surface area contributed by atoms with E-state index in [1.807, 2.05) is 31.6 Å². The first-order chi connectivity index (χ1) is 10.0. The summed E-state index contributed by atoms with van der Waals surface area (Å²) in [5.74, 6) is 0.0903. The van der Waals surface area contributed by atoms with Crippen LogP contribution in [0.1, 0.15) is 49.6 Å². The second kappa shape index (κ2) is 6.57. The van der Waals surface area contributed by atoms with Crippen molar-refractivity contribution in [3.8, 4) is 5.69 Å². The molecule has 0 aliphatic rings. The van der Waals surface area contributed by atoms with Crippen LogP contribution in [0.25, 0.3) is 5.69 Å². The van der Waals surface area contributed by atoms with Gasteiger partial charge in [0, 0.05) is 17.7 Å². The van der Waals surface area contributed by atoms with Crippen LogP contribution in [-0.4, -0.2) is 15.7 Å². The predicted molar refractivity (Wildman–Crippen MR) is 84.5 cm³/mol. The fourth-order valence-corrected chi connectivity index (χ4v) is 2.41. The van der Waals surface area contributed by atoms with Crippen molar-refractivity contribution in [2.75, 3.05) is 0 Å². The summed E-state index contributed by atoms with van der Waals surface area (Å²) in [7, 11) is 0. The lowest BCUT2D eigenvalue weighted by molar-refractivity contribution is -0.121. The first-order valence-electron chi connectivity index (χ1n) is 7.43. The third-order valence-electron chi connectivity index (χ3n) is 3.65. The zero-order chi connectivity index (χ0) is 15.4. The van der Waals surface area contributed by atoms with Crippen molar-refractivity contribution in [1.82, 2.24) is 15.1 Å². The maximum Gasteiger partial charge on any atom is 0.220 e. The van der Waals surface area contributed by atoms with Crippen LogP contribution in [-0.2, 0) is 4.79 Å². The molecule has 1 N–H and O–H groups in total. The van der Waals surface area contributed by atoms with E-state index < -0.39 is 0 Å². The second-order valence-corrected chi connectivity index (χ2v) is 5.47. The highest BCUT2D eigenvalue weighted by molar-refractivity contribution is 5.76. The van der Waals surface area contributed by atoms with Crippen LogP contribution in [0.3, 0.4) is 0 Å². The maximum absolute atomic E-state index is 11.7. The van der Waals surface area contributed by atoms with Crippen LogP contribution < -0.4 is 5.32 Å². The van der Waals surface area contributed by atoms with Crippen molar-refractivity contribution in [2.45, 2.75) is 46.6 Å². The van der Waals surface area contributed by atoms with Gasteiger partial charge < -0.3 is 5.32 Å². The Morgan fingerprint density at radius 1 is 1.29 bits per heavy atom. The number of aromatic nitrogens is 2. The summed E-state index contributed by atoms with van der Waals surface area (Å²) >= 11 is 0. The van der Waals surface area contributed by atoms with Crippen molar-refractivity contribution in [3.05, 3.63) is 47.3 Å². The topological polar surface area (TPSA) is 46.9 Å². The lowest BCUT2D eigenvalue weighted by atomic mass is 10.1. The largest absolute Gasteiger partial charge is 0.349 e. The zero-order valence-corrected chi connectivity index (χ0v) is 13.2. The number of amides is 1. The van der Waals surface area contributed by atoms with Crippen LogP contribution in [0.2, 0.25) is 0 Å². The van der Waals surface area contributed by atoms with Gasteiger partial charge in [-0.2, -0.15) is 5.10 Å². The Hall–Kier alpha value is -2.10. The van der Waals surface area contributed by atoms with Gasteiger partial charge in [-0.3, -0.25) is 4.79 Å². The Bertz CT molecular complexity index is 613. The molecule has 1 aromatic heterocycles. The summed E-state index contributed by atoms with van der Waals surface area (Å²) in [6.45, 7) is 8.10. The van der Waals surface area contributed by atoms with Gasteiger partial charge in [-0.05, 0) is 39.3 Å². The van der Waals surface area contributed by atoms with Crippen LogP contribution in [0.4, 0.5) is 0 Å². The number of carbonyl (C=O) groups is 1. The minimum Gasteiger partial charge on any atom is -0.349 e. The van der Waals surface area contributed by atoms with Gasteiger partial charge >= 0.3 is 0 Å². The van der Waals surface area contributed by atoms with Crippen molar-refractivity contribution in [1.29, 1.82) is 0 Å². The summed E-state index contributed by atoms with van der Waals surface area (Å²) in [5.41, 5.74) is 4.38. The second-order valence-electron chi connectivity index (χ2n) is 5.47. The summed E-state index contributed by atoms with van der Waals surface area (Å²) in [6.07, 6.45) is 3.27. The standard InChI is InChI=1S/C17H23N3O/c1-5-6-17(21)19-13(3)16-11-18-20(14(16)4)15-9-7-12(2)8-10-15/h7-11,13H,5-6H2,1-4H3,(H,19,21)/t13-/m1/s1. The number of nitrogens with zero attached hydrogens (tertiary/aromatic N) is 2. The number of hydrogen-bond acceptors (Lipinski definition) is 2. The molecule has 1 amide bonds. The molecule has 2 aromatic rings. The number of benzene rings is 1. The average Bonchev–Trinajstić information content (AvgIpc) is 2.82. The molecule has 0 spiro atoms. The fourth-order valence-electron chi connectivity index (χ4n) is 2.41. The van der Waals surface area contributed by atoms with Gasteiger partial charge in [0.1, 0.15) is 0 Å². The molecule has 2 rings (SSSR count). The zero-order valence-electron chi connectivity index (χ0n) is 13.2. The van der Waals surface area contributed by atoms with E-state index in [-0.39, 0.29) is 11.9 Å². The predicted octanol–water partition coefficient (Wildman–Crippen LogP) is 3.47. The number of aryl methyl sites for hydroxylation is 1. The molecule has 0 bridgehead atoms. The smallest absolute Gasteiger partial charge is 0.220 e. The molecule has 1 aromatic carbocycles. The van der Waals surface area contributed by atoms with E-state index in [4.69, 9.17) is 0 Å². The lowest BCUT2D eigenvalue weighted by Gasteiger charge is -2.14. The fraction of sp³-hybridized carbons (Fsp3) is 0.412. The summed E-state index contributed by atoms with van der Waals surface area (Å²) < 4.78 is 1.91. The van der Waals surface area contributed by atoms with Crippen molar-refractivity contribution < 1.29 is 4.79 Å². The first kappa shape index (κ1) is 15.3. The molecule has 1 atom stereocenters. The molecule has 0 saturated carbocycles. The van der Waals surface area contributed by atoms with Gasteiger partial charge in [0.25, 0.3) is 0 Å². The van der Waals surface area contributed by atoms with Crippen LogP contribution in [0.15, 0.2) is 30.5 Å². The number of hydrogen-bond donors (Lipinski definition) is 1. The minimum atomic E-state index is -0.0248. The normalized spacial score (nSPS) is 12.2. The Morgan fingerprint density at radius 3 is 2.57 bits per heavy atom. The molecular formula is C17H23N3O. The quantitative estimate of drug-likeness (QED) is 0.914. The highest BCUT2D eigenvalue weighted by atomic mass is 16.1. The summed E-state index contributed by atoms with van der Waals surface area (Å²) in [5, 5.41) is 7.47. The van der Waals surface area contributed by atoms with Gasteiger partial charge in [0.05, 0.1) is 17.9 Å². The van der Waals surface area contributed by atoms with E-state index >= 15 is 0 Å². The number of rotatable bonds is 5. The van der Waals surface area contributed by atoms with Gasteiger partial charge in [-0.1, -0.05) is 24.6 Å². The van der Waals surface area contributed by atoms with E-state index in [2.05, 4.69) is 41.6 Å². The number of carbonyl (C=O) groups excluding carboxylic acids is 1. The minimum absolute atomic E-state index is 0.0248. The van der Waals surface area contributed by atoms with E-state index in [1.54, 1.807) is 0 Å². The van der Waals surface area contributed by atoms with Crippen molar-refractivity contribution in [3.63, 3.8) is 0 Å². The molecule has 0 saturated heterocycles. The first-order valence-corrected chi connectivity index (χ1v) is 7.43. The summed E-state index contributed by atoms with van der Waals surface area (Å²) in [4.78, 5) is 11.7. The maximum atomic E-state index is 11.7. The molecule has 4 heteroatoms. The highest BCUT2D eigenvalue weighted by Gasteiger charge is 2.15. The van der Waals surface area contributed by atoms with Gasteiger partial charge in [-0.25, -0.2) is 4.68 Å². The molecule has 0 aliphatic heterocycles. The molecule has 0 fully saturated rings. The SMILES string of the molecule is CCCC(=O)N[C@H](C)c1cnn(-c2ccc(C)cc2)c1C. The molecule has 21 heavy (non-hydrogen) atoms. The molecular weight excluding hydrogens is 262 g/mol. The number of nitrogens with one attached hydrogen (secondary N) is 1. The third kappa shape index (κ3) is 3.51. The van der Waals surface area contributed by atoms with E-state index in [1.165, 1.54) is 5.56 Å². The molecule has 1 heterocycles. The monoisotopic (exact) mass is 285 g/mol. The molecule has 112 valence electrons. The van der Waals surface area contributed by atoms with Gasteiger partial charge in [0.2, 0.25) is 5.91 Å². The van der Waals surface area contributed by atoms with Gasteiger partial charge in [0.15, 0.2) is 0 Å². The van der Waals surface area contributed by atoms with Crippen LogP contribution in [0.5, 0.6) is 0 Å². The molecule has 4 nitrogen and oxygen atoms in total. The van der Waals surface area contributed by atoms with E-state index in [0.29, 0.717) is 6.42 Å². The van der Waals surface area contributed by atoms with Crippen LogP contribution in [0, 0.1) is 13.8 Å². The van der Waals surface area contributed by atoms with Gasteiger partial charge in [-0.15, -0.1) is 0 Å². The molecule has 0 radical (unpaired) electrons. The van der Waals surface area contributed by atoms with Crippen molar-refractivity contribution in [2.24, 2.45) is 0 Å². The summed E-state index contributed by atoms with van der Waals surface area (Å²) in [6, 6.07) is 8.23. The van der Waals surface area contributed by atoms with Crippen molar-refractivity contribution >= 4 is 5.91 Å². The average molecular weight is 285 g/mol. The molecule has 0 aliphatic carbocycles. The Kier molecular flexibility index (Phi) is 4.78. The lowest BCUT2D eigenvalue weighted by Crippen LogP contribution is -2.26.